The Bertz CT molecular complexity index is 502. The number of para-hydroxylation sites is 2. The highest BCUT2D eigenvalue weighted by Gasteiger charge is 2.29. The fourth-order valence-electron chi connectivity index (χ4n) is 3.20. The van der Waals surface area contributed by atoms with Crippen LogP contribution in [0, 0.1) is 11.3 Å². The number of hydrogen-bond acceptors (Lipinski definition) is 2. The number of benzene rings is 1. The minimum Gasteiger partial charge on any atom is -0.495 e. The van der Waals surface area contributed by atoms with E-state index in [2.05, 4.69) is 31.4 Å². The van der Waals surface area contributed by atoms with Crippen LogP contribution >= 0.6 is 12.2 Å². The minimum absolute atomic E-state index is 0.418. The first-order valence-electron chi connectivity index (χ1n) is 8.10. The van der Waals surface area contributed by atoms with Gasteiger partial charge in [-0.1, -0.05) is 32.9 Å². The molecule has 0 aliphatic heterocycles. The van der Waals surface area contributed by atoms with E-state index in [1.165, 1.54) is 25.7 Å². The predicted molar refractivity (Wildman–Crippen MR) is 97.6 cm³/mol. The Morgan fingerprint density at radius 3 is 2.36 bits per heavy atom. The lowest BCUT2D eigenvalue weighted by atomic mass is 9.71. The summed E-state index contributed by atoms with van der Waals surface area (Å²) in [6.07, 6.45) is 4.93. The van der Waals surface area contributed by atoms with Crippen molar-refractivity contribution in [1.29, 1.82) is 0 Å². The molecule has 1 fully saturated rings. The van der Waals surface area contributed by atoms with E-state index in [0.29, 0.717) is 16.6 Å². The minimum atomic E-state index is 0.418. The second-order valence-electron chi connectivity index (χ2n) is 7.21. The molecule has 0 heterocycles. The molecule has 2 rings (SSSR count). The number of hydrogen-bond donors (Lipinski definition) is 2. The summed E-state index contributed by atoms with van der Waals surface area (Å²) in [6.45, 7) is 7.04. The zero-order valence-corrected chi connectivity index (χ0v) is 14.9. The summed E-state index contributed by atoms with van der Waals surface area (Å²) in [5, 5.41) is 7.38. The van der Waals surface area contributed by atoms with Crippen LogP contribution < -0.4 is 15.4 Å². The number of ether oxygens (including phenoxy) is 1. The lowest BCUT2D eigenvalue weighted by molar-refractivity contribution is 0.166. The molecule has 0 amide bonds. The van der Waals surface area contributed by atoms with Crippen LogP contribution in [-0.4, -0.2) is 18.3 Å². The summed E-state index contributed by atoms with van der Waals surface area (Å²) in [5.74, 6) is 1.63. The van der Waals surface area contributed by atoms with E-state index < -0.39 is 0 Å². The predicted octanol–water partition coefficient (Wildman–Crippen LogP) is 4.59. The molecule has 1 saturated carbocycles. The van der Waals surface area contributed by atoms with Crippen LogP contribution in [0.25, 0.3) is 0 Å². The van der Waals surface area contributed by atoms with Crippen molar-refractivity contribution >= 4 is 23.0 Å². The first kappa shape index (κ1) is 17.1. The van der Waals surface area contributed by atoms with Gasteiger partial charge in [0.05, 0.1) is 12.8 Å². The molecule has 1 aliphatic carbocycles. The van der Waals surface area contributed by atoms with Crippen molar-refractivity contribution in [1.82, 2.24) is 5.32 Å². The fourth-order valence-corrected chi connectivity index (χ4v) is 3.47. The van der Waals surface area contributed by atoms with Gasteiger partial charge in [0.15, 0.2) is 5.11 Å². The molecule has 0 radical (unpaired) electrons. The van der Waals surface area contributed by atoms with Crippen molar-refractivity contribution < 1.29 is 4.74 Å². The van der Waals surface area contributed by atoms with E-state index >= 15 is 0 Å². The van der Waals surface area contributed by atoms with Gasteiger partial charge in [-0.2, -0.15) is 0 Å². The second-order valence-corrected chi connectivity index (χ2v) is 7.62. The highest BCUT2D eigenvalue weighted by Crippen LogP contribution is 2.37. The lowest BCUT2D eigenvalue weighted by Gasteiger charge is -2.37. The molecule has 0 unspecified atom stereocenters. The number of thiocarbonyl (C=S) groups is 1. The molecule has 1 aromatic carbocycles. The monoisotopic (exact) mass is 320 g/mol. The Hall–Kier alpha value is -1.29. The van der Waals surface area contributed by atoms with Gasteiger partial charge >= 0.3 is 0 Å². The highest BCUT2D eigenvalue weighted by atomic mass is 32.1. The summed E-state index contributed by atoms with van der Waals surface area (Å²) in [7, 11) is 1.67. The summed E-state index contributed by atoms with van der Waals surface area (Å²) in [4.78, 5) is 0. The molecule has 122 valence electrons. The molecule has 0 bridgehead atoms. The first-order valence-corrected chi connectivity index (χ1v) is 8.51. The summed E-state index contributed by atoms with van der Waals surface area (Å²) in [5.41, 5.74) is 1.33. The summed E-state index contributed by atoms with van der Waals surface area (Å²) < 4.78 is 5.34. The molecule has 2 N–H and O–H groups in total. The van der Waals surface area contributed by atoms with Crippen LogP contribution in [0.4, 0.5) is 5.69 Å². The average Bonchev–Trinajstić information content (AvgIpc) is 2.47. The third-order valence-corrected chi connectivity index (χ3v) is 4.86. The van der Waals surface area contributed by atoms with Crippen molar-refractivity contribution in [2.24, 2.45) is 11.3 Å². The van der Waals surface area contributed by atoms with Crippen LogP contribution in [0.1, 0.15) is 46.5 Å². The number of anilines is 1. The van der Waals surface area contributed by atoms with E-state index in [1.807, 2.05) is 24.3 Å². The summed E-state index contributed by atoms with van der Waals surface area (Å²) in [6, 6.07) is 8.31. The number of methoxy groups -OCH3 is 1. The first-order chi connectivity index (χ1) is 10.4. The molecule has 1 aliphatic rings. The molecule has 3 nitrogen and oxygen atoms in total. The number of rotatable bonds is 3. The second kappa shape index (κ2) is 7.32. The molecule has 0 saturated heterocycles. The Morgan fingerprint density at radius 2 is 1.77 bits per heavy atom. The van der Waals surface area contributed by atoms with Crippen molar-refractivity contribution in [3.63, 3.8) is 0 Å². The quantitative estimate of drug-likeness (QED) is 0.798. The van der Waals surface area contributed by atoms with E-state index in [-0.39, 0.29) is 0 Å². The zero-order valence-electron chi connectivity index (χ0n) is 14.1. The molecular weight excluding hydrogens is 292 g/mol. The lowest BCUT2D eigenvalue weighted by Crippen LogP contribution is -2.41. The van der Waals surface area contributed by atoms with Gasteiger partial charge in [-0.25, -0.2) is 0 Å². The maximum atomic E-state index is 5.45. The molecule has 0 atom stereocenters. The van der Waals surface area contributed by atoms with Gasteiger partial charge in [-0.15, -0.1) is 0 Å². The largest absolute Gasteiger partial charge is 0.495 e. The van der Waals surface area contributed by atoms with Crippen molar-refractivity contribution in [3.8, 4) is 5.75 Å². The zero-order chi connectivity index (χ0) is 16.2. The topological polar surface area (TPSA) is 33.3 Å². The molecule has 1 aromatic rings. The van der Waals surface area contributed by atoms with Gasteiger partial charge < -0.3 is 15.4 Å². The van der Waals surface area contributed by atoms with Gasteiger partial charge in [-0.05, 0) is 61.4 Å². The van der Waals surface area contributed by atoms with Gasteiger partial charge in [0.2, 0.25) is 0 Å². The molecule has 0 spiro atoms. The maximum Gasteiger partial charge on any atom is 0.171 e. The van der Waals surface area contributed by atoms with Crippen LogP contribution in [0.5, 0.6) is 5.75 Å². The molecule has 0 aromatic heterocycles. The van der Waals surface area contributed by atoms with E-state index in [1.54, 1.807) is 7.11 Å². The van der Waals surface area contributed by atoms with Gasteiger partial charge in [0.1, 0.15) is 5.75 Å². The Labute approximate surface area is 139 Å². The standard InChI is InChI=1S/C18H28N2OS/c1-18(2,3)13-9-11-14(12-10-13)19-17(22)20-15-7-5-6-8-16(15)21-4/h5-8,13-14H,9-12H2,1-4H3,(H2,19,20,22). The fraction of sp³-hybridized carbons (Fsp3) is 0.611. The molecule has 22 heavy (non-hydrogen) atoms. The van der Waals surface area contributed by atoms with Gasteiger partial charge in [0.25, 0.3) is 0 Å². The SMILES string of the molecule is COc1ccccc1NC(=S)NC1CCC(C(C)(C)C)CC1. The smallest absolute Gasteiger partial charge is 0.171 e. The Balaban J connectivity index is 1.84. The van der Waals surface area contributed by atoms with E-state index in [4.69, 9.17) is 17.0 Å². The van der Waals surface area contributed by atoms with Crippen molar-refractivity contribution in [3.05, 3.63) is 24.3 Å². The normalized spacial score (nSPS) is 22.0. The van der Waals surface area contributed by atoms with Gasteiger partial charge in [0, 0.05) is 6.04 Å². The van der Waals surface area contributed by atoms with Crippen LogP contribution in [0.3, 0.4) is 0 Å². The Morgan fingerprint density at radius 1 is 1.14 bits per heavy atom. The summed E-state index contributed by atoms with van der Waals surface area (Å²) >= 11 is 5.45. The Kier molecular flexibility index (Phi) is 5.68. The molecular formula is C18H28N2OS. The number of nitrogens with one attached hydrogen (secondary N) is 2. The average molecular weight is 321 g/mol. The van der Waals surface area contributed by atoms with Crippen LogP contribution in [0.2, 0.25) is 0 Å². The third-order valence-electron chi connectivity index (χ3n) is 4.64. The van der Waals surface area contributed by atoms with E-state index in [0.717, 1.165) is 17.4 Å². The third kappa shape index (κ3) is 4.60. The van der Waals surface area contributed by atoms with E-state index in [9.17, 15) is 0 Å². The van der Waals surface area contributed by atoms with Crippen molar-refractivity contribution in [2.75, 3.05) is 12.4 Å². The van der Waals surface area contributed by atoms with Crippen LogP contribution in [0.15, 0.2) is 24.3 Å². The highest BCUT2D eigenvalue weighted by molar-refractivity contribution is 7.80. The van der Waals surface area contributed by atoms with Crippen molar-refractivity contribution in [2.45, 2.75) is 52.5 Å². The van der Waals surface area contributed by atoms with Crippen LogP contribution in [-0.2, 0) is 0 Å². The molecule has 4 heteroatoms. The maximum absolute atomic E-state index is 5.45. The van der Waals surface area contributed by atoms with Gasteiger partial charge in [-0.3, -0.25) is 0 Å².